The summed E-state index contributed by atoms with van der Waals surface area (Å²) in [5.41, 5.74) is 7.11. The van der Waals surface area contributed by atoms with Crippen LogP contribution >= 0.6 is 0 Å². The minimum atomic E-state index is -0.423. The van der Waals surface area contributed by atoms with Crippen molar-refractivity contribution < 1.29 is 14.0 Å². The van der Waals surface area contributed by atoms with E-state index in [0.717, 1.165) is 36.6 Å². The normalized spacial score (nSPS) is 13.2. The lowest BCUT2D eigenvalue weighted by molar-refractivity contribution is -0.119. The van der Waals surface area contributed by atoms with Crippen molar-refractivity contribution in [3.63, 3.8) is 0 Å². The minimum absolute atomic E-state index is 0.00295. The number of anilines is 4. The van der Waals surface area contributed by atoms with Crippen LogP contribution in [0.25, 0.3) is 21.8 Å². The number of hydrogen-bond donors (Lipinski definition) is 6. The number of hydrogen-bond acceptors (Lipinski definition) is 10. The molecule has 2 aromatic carbocycles. The van der Waals surface area contributed by atoms with Gasteiger partial charge in [-0.1, -0.05) is 38.8 Å². The summed E-state index contributed by atoms with van der Waals surface area (Å²) in [6, 6.07) is 11.7. The van der Waals surface area contributed by atoms with Gasteiger partial charge in [-0.05, 0) is 43.5 Å². The Labute approximate surface area is 262 Å². The van der Waals surface area contributed by atoms with Gasteiger partial charge in [0.05, 0.1) is 11.0 Å². The zero-order valence-corrected chi connectivity index (χ0v) is 26.3. The van der Waals surface area contributed by atoms with Gasteiger partial charge in [-0.25, -0.2) is 14.4 Å². The number of nitrogens with two attached hydrogens (primary N) is 1. The third-order valence-corrected chi connectivity index (χ3v) is 7.46. The molecule has 0 saturated carbocycles. The molecule has 4 rings (SSSR count). The number of nitrogens with zero attached hydrogens (tertiary/aromatic N) is 4. The second kappa shape index (κ2) is 15.8. The molecule has 3 atom stereocenters. The van der Waals surface area contributed by atoms with E-state index in [4.69, 9.17) is 15.7 Å². The highest BCUT2D eigenvalue weighted by atomic mass is 19.1. The van der Waals surface area contributed by atoms with Gasteiger partial charge in [0.1, 0.15) is 17.5 Å². The van der Waals surface area contributed by atoms with Crippen LogP contribution in [0.1, 0.15) is 59.8 Å². The van der Waals surface area contributed by atoms with Gasteiger partial charge in [-0.15, -0.1) is 0 Å². The summed E-state index contributed by atoms with van der Waals surface area (Å²) in [5, 5.41) is 17.8. The third kappa shape index (κ3) is 9.59. The number of nitrogen functional groups attached to an aromatic ring is 1. The van der Waals surface area contributed by atoms with Crippen molar-refractivity contribution in [2.24, 2.45) is 0 Å². The number of unbranched alkanes of at least 4 members (excludes halogenated alkanes) is 1. The van der Waals surface area contributed by atoms with Crippen molar-refractivity contribution >= 4 is 57.2 Å². The van der Waals surface area contributed by atoms with Gasteiger partial charge < -0.3 is 32.3 Å². The molecule has 2 aromatic heterocycles. The number of benzene rings is 2. The van der Waals surface area contributed by atoms with Crippen LogP contribution in [0, 0.1) is 5.82 Å². The highest BCUT2D eigenvalue weighted by Gasteiger charge is 2.21. The Bertz CT molecular complexity index is 1610. The lowest BCUT2D eigenvalue weighted by atomic mass is 10.0. The van der Waals surface area contributed by atoms with Crippen molar-refractivity contribution in [2.75, 3.05) is 34.8 Å². The number of halogens is 1. The van der Waals surface area contributed by atoms with E-state index in [9.17, 15) is 14.0 Å². The molecule has 0 saturated heterocycles. The van der Waals surface area contributed by atoms with Crippen molar-refractivity contribution in [1.29, 1.82) is 0 Å². The first-order valence-corrected chi connectivity index (χ1v) is 15.4. The Hall–Kier alpha value is -4.81. The van der Waals surface area contributed by atoms with Gasteiger partial charge in [-0.3, -0.25) is 9.59 Å². The molecule has 13 heteroatoms. The molecule has 0 spiro atoms. The molecule has 7 N–H and O–H groups in total. The van der Waals surface area contributed by atoms with Crippen molar-refractivity contribution in [3.05, 3.63) is 48.3 Å². The van der Waals surface area contributed by atoms with E-state index in [1.807, 2.05) is 24.3 Å². The number of carbonyl (C=O) groups is 2. The highest BCUT2D eigenvalue weighted by molar-refractivity contribution is 5.91. The average Bonchev–Trinajstić information content (AvgIpc) is 3.00. The number of nitrogens with one attached hydrogen (secondary N) is 5. The number of para-hydroxylation sites is 1. The Balaban J connectivity index is 1.59. The first kappa shape index (κ1) is 33.1. The lowest BCUT2D eigenvalue weighted by Gasteiger charge is -2.26. The highest BCUT2D eigenvalue weighted by Crippen LogP contribution is 2.26. The standard InChI is InChI=1S/C32H43FN10O2/c1-5-7-10-23(17-35-19(3)44)37-30-25-11-8-9-12-27(25)41-32(43-30)39-22(6-2)16-24(18-36-20(4)45)38-29-26-14-13-21(33)15-28(26)40-31(34)42-29/h8-9,11-15,22-24H,5-7,10,16-18H2,1-4H3,(H,35,44)(H,36,45)(H3,34,38,40,42)(H2,37,39,41,43)/t22?,23-,24-/m1/s1. The fourth-order valence-electron chi connectivity index (χ4n) is 5.13. The molecule has 2 heterocycles. The van der Waals surface area contributed by atoms with Crippen LogP contribution in [-0.4, -0.2) is 63.0 Å². The molecule has 1 unspecified atom stereocenters. The van der Waals surface area contributed by atoms with Gasteiger partial charge in [0, 0.05) is 61.9 Å². The zero-order chi connectivity index (χ0) is 32.3. The lowest BCUT2D eigenvalue weighted by Crippen LogP contribution is -2.39. The molecule has 0 fully saturated rings. The monoisotopic (exact) mass is 618 g/mol. The number of carbonyl (C=O) groups excluding carboxylic acids is 2. The molecule has 0 radical (unpaired) electrons. The third-order valence-electron chi connectivity index (χ3n) is 7.46. The number of fused-ring (bicyclic) bond motifs is 2. The van der Waals surface area contributed by atoms with E-state index in [0.29, 0.717) is 48.0 Å². The number of aromatic nitrogens is 4. The second-order valence-corrected chi connectivity index (χ2v) is 11.2. The van der Waals surface area contributed by atoms with E-state index >= 15 is 0 Å². The van der Waals surface area contributed by atoms with E-state index in [1.54, 1.807) is 6.07 Å². The first-order valence-electron chi connectivity index (χ1n) is 15.4. The van der Waals surface area contributed by atoms with Crippen LogP contribution in [-0.2, 0) is 9.59 Å². The molecule has 2 amide bonds. The number of amides is 2. The maximum Gasteiger partial charge on any atom is 0.225 e. The van der Waals surface area contributed by atoms with Crippen molar-refractivity contribution in [2.45, 2.75) is 77.9 Å². The Morgan fingerprint density at radius 3 is 2.18 bits per heavy atom. The Morgan fingerprint density at radius 1 is 0.800 bits per heavy atom. The van der Waals surface area contributed by atoms with Gasteiger partial charge >= 0.3 is 0 Å². The van der Waals surface area contributed by atoms with Crippen LogP contribution in [0.15, 0.2) is 42.5 Å². The van der Waals surface area contributed by atoms with Crippen LogP contribution < -0.4 is 32.3 Å². The smallest absolute Gasteiger partial charge is 0.225 e. The molecular weight excluding hydrogens is 575 g/mol. The van der Waals surface area contributed by atoms with E-state index in [2.05, 4.69) is 50.4 Å². The van der Waals surface area contributed by atoms with Gasteiger partial charge in [0.2, 0.25) is 23.7 Å². The van der Waals surface area contributed by atoms with Crippen molar-refractivity contribution in [1.82, 2.24) is 30.6 Å². The zero-order valence-electron chi connectivity index (χ0n) is 26.3. The fraction of sp³-hybridized carbons (Fsp3) is 0.438. The van der Waals surface area contributed by atoms with E-state index < -0.39 is 5.82 Å². The second-order valence-electron chi connectivity index (χ2n) is 11.2. The average molecular weight is 619 g/mol. The van der Waals surface area contributed by atoms with Gasteiger partial charge in [0.15, 0.2) is 0 Å². The van der Waals surface area contributed by atoms with Crippen LogP contribution in [0.4, 0.5) is 27.9 Å². The Morgan fingerprint density at radius 2 is 1.47 bits per heavy atom. The minimum Gasteiger partial charge on any atom is -0.368 e. The largest absolute Gasteiger partial charge is 0.368 e. The summed E-state index contributed by atoms with van der Waals surface area (Å²) in [6.45, 7) is 7.97. The SMILES string of the molecule is CCCC[C@H](CNC(C)=O)Nc1nc(NC(CC)C[C@H](CNC(C)=O)Nc2nc(N)nc3cc(F)ccc23)nc2ccccc12. The molecule has 4 aromatic rings. The maximum atomic E-state index is 13.9. The predicted octanol–water partition coefficient (Wildman–Crippen LogP) is 4.60. The molecule has 0 aliphatic rings. The Kier molecular flexibility index (Phi) is 11.6. The summed E-state index contributed by atoms with van der Waals surface area (Å²) >= 11 is 0. The molecule has 12 nitrogen and oxygen atoms in total. The quantitative estimate of drug-likeness (QED) is 0.104. The van der Waals surface area contributed by atoms with E-state index in [-0.39, 0.29) is 35.9 Å². The molecule has 0 bridgehead atoms. The molecule has 240 valence electrons. The summed E-state index contributed by atoms with van der Waals surface area (Å²) < 4.78 is 13.9. The molecule has 45 heavy (non-hydrogen) atoms. The molecule has 0 aliphatic heterocycles. The van der Waals surface area contributed by atoms with Crippen molar-refractivity contribution in [3.8, 4) is 0 Å². The van der Waals surface area contributed by atoms with Crippen LogP contribution in [0.3, 0.4) is 0 Å². The van der Waals surface area contributed by atoms with Gasteiger partial charge in [-0.2, -0.15) is 9.97 Å². The molecule has 0 aliphatic carbocycles. The predicted molar refractivity (Wildman–Crippen MR) is 177 cm³/mol. The summed E-state index contributed by atoms with van der Waals surface area (Å²) in [5.74, 6) is 0.948. The topological polar surface area (TPSA) is 172 Å². The van der Waals surface area contributed by atoms with E-state index in [1.165, 1.54) is 26.0 Å². The maximum absolute atomic E-state index is 13.9. The summed E-state index contributed by atoms with van der Waals surface area (Å²) in [4.78, 5) is 41.7. The van der Waals surface area contributed by atoms with Gasteiger partial charge in [0.25, 0.3) is 0 Å². The first-order chi connectivity index (χ1) is 21.6. The fourth-order valence-corrected chi connectivity index (χ4v) is 5.13. The van der Waals surface area contributed by atoms with Crippen LogP contribution in [0.5, 0.6) is 0 Å². The molecular formula is C32H43FN10O2. The van der Waals surface area contributed by atoms with Crippen LogP contribution in [0.2, 0.25) is 0 Å². The summed E-state index contributed by atoms with van der Waals surface area (Å²) in [7, 11) is 0. The number of rotatable bonds is 16. The summed E-state index contributed by atoms with van der Waals surface area (Å²) in [6.07, 6.45) is 4.21.